The molecule has 3 N–H and O–H groups in total. The highest BCUT2D eigenvalue weighted by molar-refractivity contribution is 5.96. The second-order valence-corrected chi connectivity index (χ2v) is 3.94. The number of amides is 2. The average molecular weight is 268 g/mol. The summed E-state index contributed by atoms with van der Waals surface area (Å²) in [6.45, 7) is 0.321. The third kappa shape index (κ3) is 5.48. The maximum absolute atomic E-state index is 13.3. The van der Waals surface area contributed by atoms with Crippen LogP contribution < -0.4 is 10.6 Å². The number of nitrogens with one attached hydrogen (secondary N) is 2. The van der Waals surface area contributed by atoms with Gasteiger partial charge in [0.2, 0.25) is 5.91 Å². The Labute approximate surface area is 110 Å². The van der Waals surface area contributed by atoms with Gasteiger partial charge < -0.3 is 15.7 Å². The minimum absolute atomic E-state index is 0.0832. The molecule has 104 valence electrons. The van der Waals surface area contributed by atoms with Crippen LogP contribution in [-0.4, -0.2) is 36.6 Å². The number of carbonyl (C=O) groups excluding carboxylic acids is 2. The molecule has 5 nitrogen and oxygen atoms in total. The Morgan fingerprint density at radius 3 is 2.58 bits per heavy atom. The zero-order valence-corrected chi connectivity index (χ0v) is 10.5. The molecule has 0 bridgehead atoms. The molecule has 0 radical (unpaired) electrons. The van der Waals surface area contributed by atoms with Crippen molar-refractivity contribution in [2.75, 3.05) is 19.7 Å². The monoisotopic (exact) mass is 268 g/mol. The summed E-state index contributed by atoms with van der Waals surface area (Å²) in [7, 11) is 0. The fraction of sp³-hybridized carbons (Fsp3) is 0.385. The smallest absolute Gasteiger partial charge is 0.254 e. The van der Waals surface area contributed by atoms with Gasteiger partial charge in [-0.15, -0.1) is 0 Å². The number of aliphatic hydroxyl groups is 1. The van der Waals surface area contributed by atoms with Crippen LogP contribution in [0.25, 0.3) is 0 Å². The van der Waals surface area contributed by atoms with E-state index in [-0.39, 0.29) is 24.6 Å². The van der Waals surface area contributed by atoms with Gasteiger partial charge in [0.15, 0.2) is 0 Å². The summed E-state index contributed by atoms with van der Waals surface area (Å²) < 4.78 is 13.3. The lowest BCUT2D eigenvalue weighted by Crippen LogP contribution is -2.37. The molecule has 19 heavy (non-hydrogen) atoms. The molecule has 2 amide bonds. The van der Waals surface area contributed by atoms with Gasteiger partial charge in [-0.3, -0.25) is 9.59 Å². The van der Waals surface area contributed by atoms with Crippen LogP contribution in [0, 0.1) is 5.82 Å². The molecule has 0 heterocycles. The van der Waals surface area contributed by atoms with E-state index in [1.807, 2.05) is 0 Å². The molecule has 0 saturated heterocycles. The average Bonchev–Trinajstić information content (AvgIpc) is 2.41. The van der Waals surface area contributed by atoms with Gasteiger partial charge in [-0.1, -0.05) is 12.1 Å². The van der Waals surface area contributed by atoms with Crippen molar-refractivity contribution in [3.05, 3.63) is 35.6 Å². The van der Waals surface area contributed by atoms with E-state index in [1.165, 1.54) is 18.2 Å². The largest absolute Gasteiger partial charge is 0.396 e. The van der Waals surface area contributed by atoms with Crippen molar-refractivity contribution in [1.29, 1.82) is 0 Å². The number of carbonyl (C=O) groups is 2. The Morgan fingerprint density at radius 1 is 1.16 bits per heavy atom. The molecule has 6 heteroatoms. The van der Waals surface area contributed by atoms with E-state index in [0.717, 1.165) is 0 Å². The predicted molar refractivity (Wildman–Crippen MR) is 68.1 cm³/mol. The summed E-state index contributed by atoms with van der Waals surface area (Å²) in [5.41, 5.74) is -0.0874. The van der Waals surface area contributed by atoms with Gasteiger partial charge in [-0.2, -0.15) is 0 Å². The van der Waals surface area contributed by atoms with E-state index in [2.05, 4.69) is 10.6 Å². The first-order chi connectivity index (χ1) is 9.15. The minimum Gasteiger partial charge on any atom is -0.396 e. The fourth-order valence-corrected chi connectivity index (χ4v) is 1.43. The molecule has 0 unspecified atom stereocenters. The Morgan fingerprint density at radius 2 is 1.89 bits per heavy atom. The summed E-state index contributed by atoms with van der Waals surface area (Å²) in [6, 6.07) is 5.57. The highest BCUT2D eigenvalue weighted by Gasteiger charge is 2.11. The van der Waals surface area contributed by atoms with E-state index in [9.17, 15) is 14.0 Å². The molecular weight excluding hydrogens is 251 g/mol. The van der Waals surface area contributed by atoms with Crippen LogP contribution in [0.1, 0.15) is 23.2 Å². The summed E-state index contributed by atoms with van der Waals surface area (Å²) in [5.74, 6) is -1.59. The molecule has 0 spiro atoms. The highest BCUT2D eigenvalue weighted by atomic mass is 19.1. The van der Waals surface area contributed by atoms with Crippen LogP contribution >= 0.6 is 0 Å². The quantitative estimate of drug-likeness (QED) is 0.628. The van der Waals surface area contributed by atoms with Gasteiger partial charge in [0.05, 0.1) is 12.1 Å². The molecule has 1 rings (SSSR count). The van der Waals surface area contributed by atoms with Crippen molar-refractivity contribution in [1.82, 2.24) is 10.6 Å². The fourth-order valence-electron chi connectivity index (χ4n) is 1.43. The first kappa shape index (κ1) is 15.1. The minimum atomic E-state index is -0.622. The van der Waals surface area contributed by atoms with Gasteiger partial charge >= 0.3 is 0 Å². The van der Waals surface area contributed by atoms with Crippen LogP contribution in [0.2, 0.25) is 0 Å². The maximum atomic E-state index is 13.3. The highest BCUT2D eigenvalue weighted by Crippen LogP contribution is 2.05. The number of rotatable bonds is 7. The van der Waals surface area contributed by atoms with Crippen molar-refractivity contribution >= 4 is 11.8 Å². The van der Waals surface area contributed by atoms with Crippen molar-refractivity contribution in [3.63, 3.8) is 0 Å². The summed E-state index contributed by atoms with van der Waals surface area (Å²) in [5, 5.41) is 13.5. The number of hydrogen-bond acceptors (Lipinski definition) is 3. The molecule has 0 atom stereocenters. The first-order valence-corrected chi connectivity index (χ1v) is 6.05. The Hall–Kier alpha value is -1.95. The zero-order valence-electron chi connectivity index (χ0n) is 10.5. The molecular formula is C13H17FN2O3. The van der Waals surface area contributed by atoms with Gasteiger partial charge in [0.25, 0.3) is 5.91 Å². The summed E-state index contributed by atoms with van der Waals surface area (Å²) in [6.07, 6.45) is 1.28. The van der Waals surface area contributed by atoms with Crippen molar-refractivity contribution in [2.24, 2.45) is 0 Å². The standard InChI is InChI=1S/C13H17FN2O3/c14-11-6-2-1-5-10(11)13(19)16-9-12(18)15-7-3-4-8-17/h1-2,5-6,17H,3-4,7-9H2,(H,15,18)(H,16,19). The number of benzene rings is 1. The van der Waals surface area contributed by atoms with Crippen molar-refractivity contribution in [3.8, 4) is 0 Å². The van der Waals surface area contributed by atoms with Crippen LogP contribution in [0.5, 0.6) is 0 Å². The Balaban J connectivity index is 2.30. The van der Waals surface area contributed by atoms with Gasteiger partial charge in [-0.05, 0) is 25.0 Å². The van der Waals surface area contributed by atoms with Gasteiger partial charge in [0.1, 0.15) is 5.82 Å². The van der Waals surface area contributed by atoms with Crippen molar-refractivity contribution < 1.29 is 19.1 Å². The zero-order chi connectivity index (χ0) is 14.1. The van der Waals surface area contributed by atoms with Crippen LogP contribution in [0.15, 0.2) is 24.3 Å². The third-order valence-corrected chi connectivity index (χ3v) is 2.44. The maximum Gasteiger partial charge on any atom is 0.254 e. The lowest BCUT2D eigenvalue weighted by molar-refractivity contribution is -0.120. The molecule has 0 fully saturated rings. The third-order valence-electron chi connectivity index (χ3n) is 2.44. The first-order valence-electron chi connectivity index (χ1n) is 6.05. The second-order valence-electron chi connectivity index (χ2n) is 3.94. The normalized spacial score (nSPS) is 10.0. The summed E-state index contributed by atoms with van der Waals surface area (Å²) in [4.78, 5) is 22.9. The van der Waals surface area contributed by atoms with Gasteiger partial charge in [0, 0.05) is 13.2 Å². The molecule has 0 aromatic heterocycles. The van der Waals surface area contributed by atoms with Crippen molar-refractivity contribution in [2.45, 2.75) is 12.8 Å². The summed E-state index contributed by atoms with van der Waals surface area (Å²) >= 11 is 0. The number of aliphatic hydroxyl groups excluding tert-OH is 1. The van der Waals surface area contributed by atoms with E-state index < -0.39 is 11.7 Å². The van der Waals surface area contributed by atoms with Crippen LogP contribution in [0.4, 0.5) is 4.39 Å². The number of unbranched alkanes of at least 4 members (excludes halogenated alkanes) is 1. The Kier molecular flexibility index (Phi) is 6.52. The second kappa shape index (κ2) is 8.20. The van der Waals surface area contributed by atoms with E-state index in [1.54, 1.807) is 6.07 Å². The molecule has 0 saturated carbocycles. The number of hydrogen-bond donors (Lipinski definition) is 3. The van der Waals surface area contributed by atoms with Crippen LogP contribution in [0.3, 0.4) is 0 Å². The molecule has 0 aliphatic rings. The molecule has 0 aliphatic heterocycles. The SMILES string of the molecule is O=C(CNC(=O)c1ccccc1F)NCCCCO. The topological polar surface area (TPSA) is 78.4 Å². The predicted octanol–water partition coefficient (Wildman–Crippen LogP) is 0.444. The van der Waals surface area contributed by atoms with E-state index in [0.29, 0.717) is 19.4 Å². The van der Waals surface area contributed by atoms with Gasteiger partial charge in [-0.25, -0.2) is 4.39 Å². The Bertz CT molecular complexity index is 438. The lowest BCUT2D eigenvalue weighted by atomic mass is 10.2. The van der Waals surface area contributed by atoms with E-state index in [4.69, 9.17) is 5.11 Å². The molecule has 0 aliphatic carbocycles. The van der Waals surface area contributed by atoms with E-state index >= 15 is 0 Å². The van der Waals surface area contributed by atoms with Crippen LogP contribution in [-0.2, 0) is 4.79 Å². The molecule has 1 aromatic rings. The molecule has 1 aromatic carbocycles. The number of halogens is 1. The lowest BCUT2D eigenvalue weighted by Gasteiger charge is -2.07.